The van der Waals surface area contributed by atoms with Crippen LogP contribution in [0.5, 0.6) is 5.75 Å². The van der Waals surface area contributed by atoms with E-state index in [4.69, 9.17) is 4.74 Å². The lowest BCUT2D eigenvalue weighted by Crippen LogP contribution is -2.04. The Morgan fingerprint density at radius 2 is 2.21 bits per heavy atom. The van der Waals surface area contributed by atoms with Crippen molar-refractivity contribution in [2.24, 2.45) is 0 Å². The Bertz CT molecular complexity index is 336. The molecule has 0 saturated carbocycles. The van der Waals surface area contributed by atoms with Crippen molar-refractivity contribution in [1.29, 1.82) is 0 Å². The van der Waals surface area contributed by atoms with E-state index >= 15 is 0 Å². The Morgan fingerprint density at radius 3 is 2.79 bits per heavy atom. The quantitative estimate of drug-likeness (QED) is 0.547. The lowest BCUT2D eigenvalue weighted by molar-refractivity contribution is 0.0476. The van der Waals surface area contributed by atoms with Crippen molar-refractivity contribution in [2.45, 2.75) is 6.92 Å². The van der Waals surface area contributed by atoms with Crippen LogP contribution in [-0.2, 0) is 4.74 Å². The summed E-state index contributed by atoms with van der Waals surface area (Å²) in [5.41, 5.74) is 0.869. The van der Waals surface area contributed by atoms with Crippen LogP contribution in [0.3, 0.4) is 0 Å². The van der Waals surface area contributed by atoms with Gasteiger partial charge in [-0.25, -0.2) is 4.39 Å². The van der Waals surface area contributed by atoms with E-state index in [1.54, 1.807) is 13.0 Å². The second-order valence-corrected chi connectivity index (χ2v) is 2.83. The van der Waals surface area contributed by atoms with Crippen LogP contribution in [0.15, 0.2) is 12.1 Å². The van der Waals surface area contributed by atoms with Gasteiger partial charge in [-0.1, -0.05) is 0 Å². The summed E-state index contributed by atoms with van der Waals surface area (Å²) in [6.07, 6.45) is 0.557. The maximum atomic E-state index is 13.3. The topological polar surface area (TPSA) is 35.5 Å². The summed E-state index contributed by atoms with van der Waals surface area (Å²) in [5, 5.41) is 0. The van der Waals surface area contributed by atoms with Gasteiger partial charge in [-0.2, -0.15) is 0 Å². The van der Waals surface area contributed by atoms with Gasteiger partial charge in [-0.05, 0) is 24.6 Å². The molecule has 4 heteroatoms. The van der Waals surface area contributed by atoms with E-state index in [9.17, 15) is 9.18 Å². The van der Waals surface area contributed by atoms with E-state index in [1.165, 1.54) is 13.2 Å². The minimum atomic E-state index is -0.552. The molecular weight excluding hydrogens is 187 g/mol. The molecule has 1 rings (SSSR count). The van der Waals surface area contributed by atoms with Crippen LogP contribution in [-0.4, -0.2) is 20.2 Å². The van der Waals surface area contributed by atoms with Gasteiger partial charge >= 0.3 is 0 Å². The average Bonchev–Trinajstić information content (AvgIpc) is 2.15. The van der Waals surface area contributed by atoms with Crippen LogP contribution in [0.25, 0.3) is 0 Å². The highest BCUT2D eigenvalue weighted by Crippen LogP contribution is 2.23. The number of benzene rings is 1. The summed E-state index contributed by atoms with van der Waals surface area (Å²) in [5.74, 6) is -0.614. The smallest absolute Gasteiger partial charge is 0.188 e. The van der Waals surface area contributed by atoms with Crippen molar-refractivity contribution in [3.8, 4) is 5.75 Å². The molecule has 0 radical (unpaired) electrons. The molecule has 0 spiro atoms. The van der Waals surface area contributed by atoms with E-state index in [2.05, 4.69) is 4.74 Å². The zero-order valence-electron chi connectivity index (χ0n) is 8.04. The zero-order chi connectivity index (χ0) is 10.6. The van der Waals surface area contributed by atoms with Gasteiger partial charge in [0.2, 0.25) is 0 Å². The van der Waals surface area contributed by atoms with Crippen LogP contribution in [0.4, 0.5) is 4.39 Å². The second-order valence-electron chi connectivity index (χ2n) is 2.83. The molecule has 0 aliphatic rings. The summed E-state index contributed by atoms with van der Waals surface area (Å²) in [4.78, 5) is 10.6. The molecule has 0 bridgehead atoms. The number of hydrogen-bond acceptors (Lipinski definition) is 3. The number of aldehydes is 1. The molecule has 14 heavy (non-hydrogen) atoms. The van der Waals surface area contributed by atoms with Gasteiger partial charge in [0.25, 0.3) is 0 Å². The lowest BCUT2D eigenvalue weighted by atomic mass is 10.1. The fourth-order valence-corrected chi connectivity index (χ4v) is 1.11. The first-order valence-electron chi connectivity index (χ1n) is 4.06. The third-order valence-electron chi connectivity index (χ3n) is 1.66. The first-order chi connectivity index (χ1) is 6.69. The highest BCUT2D eigenvalue weighted by molar-refractivity contribution is 5.79. The van der Waals surface area contributed by atoms with Gasteiger partial charge in [-0.3, -0.25) is 4.79 Å². The molecule has 1 aromatic rings. The van der Waals surface area contributed by atoms with Crippen LogP contribution < -0.4 is 4.74 Å². The maximum absolute atomic E-state index is 13.3. The lowest BCUT2D eigenvalue weighted by Gasteiger charge is -2.08. The minimum Gasteiger partial charge on any atom is -0.464 e. The maximum Gasteiger partial charge on any atom is 0.188 e. The van der Waals surface area contributed by atoms with E-state index < -0.39 is 5.82 Å². The van der Waals surface area contributed by atoms with Gasteiger partial charge in [0.05, 0.1) is 5.56 Å². The molecule has 0 atom stereocenters. The number of carbonyl (C=O) groups excluding carboxylic acids is 1. The van der Waals surface area contributed by atoms with E-state index in [0.29, 0.717) is 11.8 Å². The molecule has 0 saturated heterocycles. The summed E-state index contributed by atoms with van der Waals surface area (Å²) in [6, 6.07) is 2.86. The predicted octanol–water partition coefficient (Wildman–Crippen LogP) is 1.93. The number of methoxy groups -OCH3 is 1. The SMILES string of the molecule is COCOc1c(F)cc(C)cc1C=O. The van der Waals surface area contributed by atoms with Crippen molar-refractivity contribution < 1.29 is 18.7 Å². The van der Waals surface area contributed by atoms with E-state index in [-0.39, 0.29) is 18.1 Å². The summed E-state index contributed by atoms with van der Waals surface area (Å²) in [6.45, 7) is 1.62. The van der Waals surface area contributed by atoms with Crippen LogP contribution >= 0.6 is 0 Å². The minimum absolute atomic E-state index is 0.0625. The molecule has 0 aromatic heterocycles. The first kappa shape index (κ1) is 10.7. The molecule has 0 unspecified atom stereocenters. The summed E-state index contributed by atoms with van der Waals surface area (Å²) >= 11 is 0. The number of hydrogen-bond donors (Lipinski definition) is 0. The molecule has 0 fully saturated rings. The normalized spacial score (nSPS) is 9.93. The van der Waals surface area contributed by atoms with Gasteiger partial charge < -0.3 is 9.47 Å². The highest BCUT2D eigenvalue weighted by atomic mass is 19.1. The van der Waals surface area contributed by atoms with Gasteiger partial charge in [0.1, 0.15) is 0 Å². The van der Waals surface area contributed by atoms with Gasteiger partial charge in [0, 0.05) is 7.11 Å². The van der Waals surface area contributed by atoms with Crippen molar-refractivity contribution >= 4 is 6.29 Å². The number of aryl methyl sites for hydroxylation is 1. The Kier molecular flexibility index (Phi) is 3.59. The average molecular weight is 198 g/mol. The molecule has 3 nitrogen and oxygen atoms in total. The summed E-state index contributed by atoms with van der Waals surface area (Å²) in [7, 11) is 1.42. The van der Waals surface area contributed by atoms with Crippen LogP contribution in [0.2, 0.25) is 0 Å². The number of halogens is 1. The molecule has 0 amide bonds. The highest BCUT2D eigenvalue weighted by Gasteiger charge is 2.10. The largest absolute Gasteiger partial charge is 0.464 e. The van der Waals surface area contributed by atoms with Gasteiger partial charge in [-0.15, -0.1) is 0 Å². The zero-order valence-corrected chi connectivity index (χ0v) is 8.04. The van der Waals surface area contributed by atoms with Crippen molar-refractivity contribution in [1.82, 2.24) is 0 Å². The standard InChI is InChI=1S/C10H11FO3/c1-7-3-8(5-12)10(9(11)4-7)14-6-13-2/h3-5H,6H2,1-2H3. The fourth-order valence-electron chi connectivity index (χ4n) is 1.11. The Morgan fingerprint density at radius 1 is 1.50 bits per heavy atom. The number of ether oxygens (including phenoxy) is 2. The molecule has 1 aromatic carbocycles. The Balaban J connectivity index is 3.05. The fraction of sp³-hybridized carbons (Fsp3) is 0.300. The van der Waals surface area contributed by atoms with Crippen LogP contribution in [0.1, 0.15) is 15.9 Å². The summed E-state index contributed by atoms with van der Waals surface area (Å²) < 4.78 is 22.8. The van der Waals surface area contributed by atoms with Crippen LogP contribution in [0, 0.1) is 12.7 Å². The monoisotopic (exact) mass is 198 g/mol. The van der Waals surface area contributed by atoms with Crippen molar-refractivity contribution in [3.05, 3.63) is 29.1 Å². The van der Waals surface area contributed by atoms with E-state index in [0.717, 1.165) is 0 Å². The molecule has 0 aliphatic carbocycles. The van der Waals surface area contributed by atoms with Gasteiger partial charge in [0.15, 0.2) is 24.6 Å². The van der Waals surface area contributed by atoms with Crippen molar-refractivity contribution in [2.75, 3.05) is 13.9 Å². The molecular formula is C10H11FO3. The van der Waals surface area contributed by atoms with E-state index in [1.807, 2.05) is 0 Å². The molecule has 0 heterocycles. The number of rotatable bonds is 4. The van der Waals surface area contributed by atoms with Crippen molar-refractivity contribution in [3.63, 3.8) is 0 Å². The predicted molar refractivity (Wildman–Crippen MR) is 49.0 cm³/mol. The molecule has 76 valence electrons. The Labute approximate surface area is 81.4 Å². The number of carbonyl (C=O) groups is 1. The molecule has 0 N–H and O–H groups in total. The third kappa shape index (κ3) is 2.29. The second kappa shape index (κ2) is 4.72. The first-order valence-corrected chi connectivity index (χ1v) is 4.06. The third-order valence-corrected chi connectivity index (χ3v) is 1.66. The molecule has 0 aliphatic heterocycles. The Hall–Kier alpha value is -1.42.